The molecule has 3 N–H and O–H groups in total. The van der Waals surface area contributed by atoms with Crippen molar-refractivity contribution in [2.45, 2.75) is 44.6 Å². The lowest BCUT2D eigenvalue weighted by molar-refractivity contribution is -0.276. The minimum atomic E-state index is -0.590. The van der Waals surface area contributed by atoms with E-state index in [-0.39, 0.29) is 37.4 Å². The van der Waals surface area contributed by atoms with Crippen molar-refractivity contribution in [1.82, 2.24) is 4.90 Å². The number of amides is 1. The molecule has 2 aromatic carbocycles. The lowest BCUT2D eigenvalue weighted by Gasteiger charge is -2.42. The Morgan fingerprint density at radius 1 is 1.17 bits per heavy atom. The van der Waals surface area contributed by atoms with Gasteiger partial charge in [-0.25, -0.2) is 4.79 Å². The summed E-state index contributed by atoms with van der Waals surface area (Å²) in [5, 5.41) is 22.1. The molecule has 2 aromatic rings. The van der Waals surface area contributed by atoms with E-state index in [0.717, 1.165) is 29.7 Å². The second-order valence-electron chi connectivity index (χ2n) is 9.16. The summed E-state index contributed by atoms with van der Waals surface area (Å²) >= 11 is 0. The van der Waals surface area contributed by atoms with Crippen molar-refractivity contribution in [3.8, 4) is 0 Å². The molecule has 4 rings (SSSR count). The molecule has 0 bridgehead atoms. The van der Waals surface area contributed by atoms with Gasteiger partial charge in [-0.05, 0) is 29.7 Å². The number of carbonyl (C=O) groups is 1. The molecule has 1 amide bonds. The van der Waals surface area contributed by atoms with E-state index >= 15 is 0 Å². The van der Waals surface area contributed by atoms with Crippen LogP contribution in [0, 0.1) is 5.92 Å². The van der Waals surface area contributed by atoms with Gasteiger partial charge in [-0.1, -0.05) is 56.0 Å². The maximum Gasteiger partial charge on any atom is 0.411 e. The van der Waals surface area contributed by atoms with Crippen molar-refractivity contribution >= 4 is 11.8 Å². The molecule has 5 unspecified atom stereocenters. The number of carbonyl (C=O) groups excluding carboxylic acids is 1. The van der Waals surface area contributed by atoms with Gasteiger partial charge < -0.3 is 24.4 Å². The highest BCUT2D eigenvalue weighted by molar-refractivity contribution is 5.84. The highest BCUT2D eigenvalue weighted by Gasteiger charge is 2.39. The molecule has 188 valence electrons. The Kier molecular flexibility index (Phi) is 8.54. The molecule has 2 heterocycles. The summed E-state index contributed by atoms with van der Waals surface area (Å²) in [5.41, 5.74) is 3.32. The third-order valence-corrected chi connectivity index (χ3v) is 6.57. The number of hydrogen-bond donors (Lipinski definition) is 3. The van der Waals surface area contributed by atoms with E-state index < -0.39 is 12.4 Å². The third-order valence-electron chi connectivity index (χ3n) is 6.57. The number of hydrogen-bond acceptors (Lipinski definition) is 7. The zero-order chi connectivity index (χ0) is 24.8. The SMILES string of the molecule is C=CCOC(=O)Nc1ccc(C2OC(CN3CCC(O)C3)C(C)C(c3ccc(CO)cc3)O2)cc1. The first kappa shape index (κ1) is 25.3. The van der Waals surface area contributed by atoms with Gasteiger partial charge in [-0.2, -0.15) is 0 Å². The number of rotatable bonds is 8. The van der Waals surface area contributed by atoms with Crippen LogP contribution in [0.2, 0.25) is 0 Å². The van der Waals surface area contributed by atoms with E-state index in [1.165, 1.54) is 6.08 Å². The van der Waals surface area contributed by atoms with Crippen LogP contribution in [0.15, 0.2) is 61.2 Å². The van der Waals surface area contributed by atoms with Crippen molar-refractivity contribution in [3.05, 3.63) is 77.9 Å². The number of nitrogens with zero attached hydrogens (tertiary/aromatic N) is 1. The lowest BCUT2D eigenvalue weighted by atomic mass is 9.90. The summed E-state index contributed by atoms with van der Waals surface area (Å²) in [7, 11) is 0. The number of aliphatic hydroxyl groups excluding tert-OH is 2. The number of benzene rings is 2. The molecular formula is C27H34N2O6. The molecule has 2 aliphatic rings. The molecule has 8 heteroatoms. The summed E-state index contributed by atoms with van der Waals surface area (Å²) < 4.78 is 17.9. The summed E-state index contributed by atoms with van der Waals surface area (Å²) in [5.74, 6) is 0.0736. The molecule has 2 saturated heterocycles. The van der Waals surface area contributed by atoms with Crippen molar-refractivity contribution in [3.63, 3.8) is 0 Å². The first-order valence-electron chi connectivity index (χ1n) is 12.0. The summed E-state index contributed by atoms with van der Waals surface area (Å²) in [6.07, 6.45) is 0.550. The predicted molar refractivity (Wildman–Crippen MR) is 132 cm³/mol. The Labute approximate surface area is 206 Å². The van der Waals surface area contributed by atoms with Crippen molar-refractivity contribution < 1.29 is 29.2 Å². The van der Waals surface area contributed by atoms with Gasteiger partial charge in [-0.15, -0.1) is 0 Å². The predicted octanol–water partition coefficient (Wildman–Crippen LogP) is 3.77. The van der Waals surface area contributed by atoms with E-state index in [1.54, 1.807) is 12.1 Å². The van der Waals surface area contributed by atoms with Crippen molar-refractivity contribution in [1.29, 1.82) is 0 Å². The van der Waals surface area contributed by atoms with Crippen molar-refractivity contribution in [2.75, 3.05) is 31.6 Å². The van der Waals surface area contributed by atoms with Crippen LogP contribution in [0.4, 0.5) is 10.5 Å². The molecule has 5 atom stereocenters. The molecule has 2 aliphatic heterocycles. The smallest absolute Gasteiger partial charge is 0.411 e. The summed E-state index contributed by atoms with van der Waals surface area (Å²) in [6.45, 7) is 7.99. The number of aliphatic hydroxyl groups is 2. The highest BCUT2D eigenvalue weighted by atomic mass is 16.7. The number of anilines is 1. The maximum atomic E-state index is 11.8. The monoisotopic (exact) mass is 482 g/mol. The van der Waals surface area contributed by atoms with Crippen LogP contribution in [-0.2, 0) is 20.8 Å². The minimum Gasteiger partial charge on any atom is -0.445 e. The summed E-state index contributed by atoms with van der Waals surface area (Å²) in [6, 6.07) is 15.1. The van der Waals surface area contributed by atoms with Crippen LogP contribution >= 0.6 is 0 Å². The normalized spacial score (nSPS) is 26.9. The Hall–Kier alpha value is -2.75. The van der Waals surface area contributed by atoms with Gasteiger partial charge in [0.25, 0.3) is 0 Å². The van der Waals surface area contributed by atoms with E-state index in [1.807, 2.05) is 36.4 Å². The zero-order valence-corrected chi connectivity index (χ0v) is 20.0. The standard InChI is InChI=1S/C27H34N2O6/c1-3-14-33-27(32)28-22-10-8-21(9-11-22)26-34-24(16-29-13-12-23(31)15-29)18(2)25(35-26)20-6-4-19(17-30)5-7-20/h3-11,18,23-26,30-31H,1,12-17H2,2H3,(H,28,32). The van der Waals surface area contributed by atoms with E-state index in [9.17, 15) is 15.0 Å². The molecule has 0 spiro atoms. The van der Waals surface area contributed by atoms with Gasteiger partial charge in [0.2, 0.25) is 0 Å². The molecule has 2 fully saturated rings. The Morgan fingerprint density at radius 2 is 1.89 bits per heavy atom. The Balaban J connectivity index is 1.52. The fraction of sp³-hybridized carbons (Fsp3) is 0.444. The second kappa shape index (κ2) is 11.8. The summed E-state index contributed by atoms with van der Waals surface area (Å²) in [4.78, 5) is 14.0. The van der Waals surface area contributed by atoms with Crippen LogP contribution in [-0.4, -0.2) is 59.7 Å². The fourth-order valence-electron chi connectivity index (χ4n) is 4.57. The third kappa shape index (κ3) is 6.48. The first-order chi connectivity index (χ1) is 17.0. The van der Waals surface area contributed by atoms with Crippen molar-refractivity contribution in [2.24, 2.45) is 5.92 Å². The number of β-amino-alcohol motifs (C(OH)–C–C–N with tert-alkyl or cyclic N) is 1. The Bertz CT molecular complexity index is 980. The lowest BCUT2D eigenvalue weighted by Crippen LogP contribution is -2.44. The van der Waals surface area contributed by atoms with Gasteiger partial charge in [0.05, 0.1) is 24.9 Å². The van der Waals surface area contributed by atoms with Gasteiger partial charge in [0.15, 0.2) is 6.29 Å². The van der Waals surface area contributed by atoms with Gasteiger partial charge in [0, 0.05) is 36.8 Å². The average molecular weight is 483 g/mol. The zero-order valence-electron chi connectivity index (χ0n) is 20.0. The molecule has 8 nitrogen and oxygen atoms in total. The quantitative estimate of drug-likeness (QED) is 0.493. The largest absolute Gasteiger partial charge is 0.445 e. The molecule has 0 saturated carbocycles. The minimum absolute atomic E-state index is 0.00544. The number of ether oxygens (including phenoxy) is 3. The van der Waals surface area contributed by atoms with Crippen LogP contribution in [0.1, 0.15) is 42.4 Å². The number of likely N-dealkylation sites (tertiary alicyclic amines) is 1. The molecule has 0 aromatic heterocycles. The maximum absolute atomic E-state index is 11.8. The van der Waals surface area contributed by atoms with Crippen LogP contribution in [0.5, 0.6) is 0 Å². The van der Waals surface area contributed by atoms with E-state index in [0.29, 0.717) is 18.8 Å². The van der Waals surface area contributed by atoms with Crippen LogP contribution < -0.4 is 5.32 Å². The van der Waals surface area contributed by atoms with Gasteiger partial charge >= 0.3 is 6.09 Å². The molecular weight excluding hydrogens is 448 g/mol. The highest BCUT2D eigenvalue weighted by Crippen LogP contribution is 2.42. The van der Waals surface area contributed by atoms with Gasteiger partial charge in [-0.3, -0.25) is 10.2 Å². The topological polar surface area (TPSA) is 100 Å². The Morgan fingerprint density at radius 3 is 2.51 bits per heavy atom. The fourth-order valence-corrected chi connectivity index (χ4v) is 4.57. The second-order valence-corrected chi connectivity index (χ2v) is 9.16. The van der Waals surface area contributed by atoms with E-state index in [4.69, 9.17) is 14.2 Å². The van der Waals surface area contributed by atoms with Crippen LogP contribution in [0.25, 0.3) is 0 Å². The molecule has 0 radical (unpaired) electrons. The molecule has 0 aliphatic carbocycles. The average Bonchev–Trinajstić information content (AvgIpc) is 3.29. The van der Waals surface area contributed by atoms with Gasteiger partial charge in [0.1, 0.15) is 6.61 Å². The molecule has 35 heavy (non-hydrogen) atoms. The van der Waals surface area contributed by atoms with E-state index in [2.05, 4.69) is 23.7 Å². The first-order valence-corrected chi connectivity index (χ1v) is 12.0. The number of nitrogens with one attached hydrogen (secondary N) is 1. The van der Waals surface area contributed by atoms with Crippen LogP contribution in [0.3, 0.4) is 0 Å².